The van der Waals surface area contributed by atoms with E-state index in [1.54, 1.807) is 0 Å². The summed E-state index contributed by atoms with van der Waals surface area (Å²) in [5.41, 5.74) is 0. The summed E-state index contributed by atoms with van der Waals surface area (Å²) in [6.07, 6.45) is 0. The van der Waals surface area contributed by atoms with Crippen molar-refractivity contribution in [2.75, 3.05) is 0 Å². The summed E-state index contributed by atoms with van der Waals surface area (Å²) in [4.78, 5) is 0. The van der Waals surface area contributed by atoms with E-state index in [1.807, 2.05) is 0 Å². The zero-order valence-electron chi connectivity index (χ0n) is 10.0. The molecule has 20 heavy (non-hydrogen) atoms. The summed E-state index contributed by atoms with van der Waals surface area (Å²) in [6, 6.07) is 0. The summed E-state index contributed by atoms with van der Waals surface area (Å²) in [7, 11) is -10.4. The van der Waals surface area contributed by atoms with Crippen molar-refractivity contribution >= 4 is 32.2 Å². The summed E-state index contributed by atoms with van der Waals surface area (Å²) in [6.45, 7) is 0. The Morgan fingerprint density at radius 1 is 0.800 bits per heavy atom. The van der Waals surface area contributed by atoms with Crippen LogP contribution < -0.4 is 71.4 Å². The Hall–Kier alpha value is 1.65. The average Bonchev–Trinajstić information content (AvgIpc) is 1.93. The van der Waals surface area contributed by atoms with E-state index >= 15 is 0 Å². The Kier molecular flexibility index (Phi) is 35.2. The van der Waals surface area contributed by atoms with Gasteiger partial charge in [0.1, 0.15) is 0 Å². The molecule has 0 aliphatic heterocycles. The van der Waals surface area contributed by atoms with Crippen LogP contribution in [0.15, 0.2) is 0 Å². The zero-order valence-corrected chi connectivity index (χ0v) is 16.5. The van der Waals surface area contributed by atoms with Gasteiger partial charge < -0.3 is 21.4 Å². The number of hydrogen-bond donors (Lipinski definition) is 4. The minimum atomic E-state index is -5.22. The third kappa shape index (κ3) is 60.3. The molecule has 0 aliphatic rings. The van der Waals surface area contributed by atoms with Gasteiger partial charge in [-0.1, -0.05) is 8.67 Å². The fourth-order valence-electron chi connectivity index (χ4n) is 0.0907. The minimum absolute atomic E-state index is 0. The molecule has 0 aromatic carbocycles. The monoisotopic (exact) mass is 386 g/mol. The molecule has 0 aliphatic carbocycles. The van der Waals surface area contributed by atoms with Crippen molar-refractivity contribution in [3.05, 3.63) is 0 Å². The molecule has 0 bridgehead atoms. The SMILES string of the molecule is N.N.O=S(=O)([O-])OOOOS(=O)(=O)[O-].O=S(O)O.[Na+].[Na+]. The molecule has 0 aromatic heterocycles. The quantitative estimate of drug-likeness (QED) is 0.0648. The molecule has 0 radical (unpaired) electrons. The molecule has 116 valence electrons. The van der Waals surface area contributed by atoms with Crippen molar-refractivity contribution in [3.63, 3.8) is 0 Å². The predicted molar refractivity (Wildman–Crippen MR) is 47.2 cm³/mol. The maximum atomic E-state index is 9.49. The van der Waals surface area contributed by atoms with Crippen LogP contribution in [0.1, 0.15) is 0 Å². The molecule has 20 heteroatoms. The van der Waals surface area contributed by atoms with Crippen LogP contribution in [-0.4, -0.2) is 39.3 Å². The third-order valence-corrected chi connectivity index (χ3v) is 0.694. The van der Waals surface area contributed by atoms with E-state index in [2.05, 4.69) is 18.7 Å². The van der Waals surface area contributed by atoms with Gasteiger partial charge in [0.25, 0.3) is 11.4 Å². The summed E-state index contributed by atoms with van der Waals surface area (Å²) < 4.78 is 85.4. The van der Waals surface area contributed by atoms with E-state index in [9.17, 15) is 25.9 Å². The Bertz CT molecular complexity index is 361. The zero-order chi connectivity index (χ0) is 13.4. The molecule has 0 heterocycles. The van der Waals surface area contributed by atoms with Crippen LogP contribution >= 0.6 is 0 Å². The number of rotatable bonds is 5. The molecule has 0 saturated carbocycles. The second kappa shape index (κ2) is 18.7. The van der Waals surface area contributed by atoms with Gasteiger partial charge in [0, 0.05) is 0 Å². The summed E-state index contributed by atoms with van der Waals surface area (Å²) in [5.74, 6) is 0. The van der Waals surface area contributed by atoms with Gasteiger partial charge in [-0.25, -0.2) is 16.8 Å². The first-order chi connectivity index (χ1) is 6.94. The van der Waals surface area contributed by atoms with Gasteiger partial charge in [-0.15, -0.1) is 0 Å². The Labute approximate surface area is 160 Å². The molecular formula is H8N2Na2O13S3. The van der Waals surface area contributed by atoms with Crippen LogP contribution in [0.2, 0.25) is 0 Å². The molecular weight excluding hydrogens is 378 g/mol. The van der Waals surface area contributed by atoms with Crippen molar-refractivity contribution in [2.45, 2.75) is 0 Å². The van der Waals surface area contributed by atoms with Crippen molar-refractivity contribution in [3.8, 4) is 0 Å². The molecule has 0 amide bonds. The van der Waals surface area contributed by atoms with Gasteiger partial charge >= 0.3 is 59.1 Å². The van der Waals surface area contributed by atoms with Crippen LogP contribution in [0.5, 0.6) is 0 Å². The van der Waals surface area contributed by atoms with Crippen LogP contribution in [0, 0.1) is 0 Å². The van der Waals surface area contributed by atoms with E-state index in [4.69, 9.17) is 13.3 Å². The molecule has 0 aromatic rings. The topological polar surface area (TPSA) is 279 Å². The first-order valence-corrected chi connectivity index (χ1v) is 6.10. The van der Waals surface area contributed by atoms with E-state index in [-0.39, 0.29) is 71.4 Å². The van der Waals surface area contributed by atoms with Gasteiger partial charge in [0.2, 0.25) is 20.8 Å². The number of hydrogen-bond acceptors (Lipinski definition) is 13. The van der Waals surface area contributed by atoms with E-state index in [1.165, 1.54) is 0 Å². The first-order valence-electron chi connectivity index (χ1n) is 2.37. The third-order valence-electron chi connectivity index (χ3n) is 0.250. The second-order valence-electron chi connectivity index (χ2n) is 1.32. The van der Waals surface area contributed by atoms with Crippen molar-refractivity contribution in [1.82, 2.24) is 12.3 Å². The van der Waals surface area contributed by atoms with Crippen LogP contribution in [-0.2, 0) is 50.9 Å². The standard InChI is InChI=1S/2H3N.2Na.H2O10S2.H2O3S/c;;;;1-11(2,3)9-7-8-10-12(4,5)6;1-4(2)3/h2*1H3;;;(H,1,2,3)(H,4,5,6);(H2,1,2,3)/q;;2*+1;;/p-2. The van der Waals surface area contributed by atoms with Crippen molar-refractivity contribution in [2.24, 2.45) is 0 Å². The summed E-state index contributed by atoms with van der Waals surface area (Å²) >= 11 is -2.61. The molecule has 0 fully saturated rings. The van der Waals surface area contributed by atoms with E-state index in [0.717, 1.165) is 0 Å². The Morgan fingerprint density at radius 2 is 0.950 bits per heavy atom. The molecule has 0 spiro atoms. The van der Waals surface area contributed by atoms with Crippen LogP contribution in [0.3, 0.4) is 0 Å². The maximum Gasteiger partial charge on any atom is 1.00 e. The Morgan fingerprint density at radius 3 is 1.05 bits per heavy atom. The average molecular weight is 386 g/mol. The molecule has 0 saturated heterocycles. The summed E-state index contributed by atoms with van der Waals surface area (Å²) in [5, 5.41) is 5.74. The predicted octanol–water partition coefficient (Wildman–Crippen LogP) is -8.27. The fraction of sp³-hybridized carbons (Fsp3) is 0. The van der Waals surface area contributed by atoms with E-state index < -0.39 is 32.2 Å². The van der Waals surface area contributed by atoms with Crippen LogP contribution in [0.4, 0.5) is 0 Å². The van der Waals surface area contributed by atoms with Gasteiger partial charge in [-0.3, -0.25) is 9.11 Å². The second-order valence-corrected chi connectivity index (χ2v) is 3.69. The Balaban J connectivity index is -0.0000000547. The van der Waals surface area contributed by atoms with E-state index in [0.29, 0.717) is 0 Å². The largest absolute Gasteiger partial charge is 1.00 e. The molecule has 15 nitrogen and oxygen atoms in total. The fourth-order valence-corrected chi connectivity index (χ4v) is 0.272. The smallest absolute Gasteiger partial charge is 0.724 e. The molecule has 0 atom stereocenters. The van der Waals surface area contributed by atoms with Gasteiger partial charge in [-0.05, 0) is 10.1 Å². The van der Waals surface area contributed by atoms with Crippen molar-refractivity contribution in [1.29, 1.82) is 0 Å². The van der Waals surface area contributed by atoms with Gasteiger partial charge in [0.05, 0.1) is 0 Å². The molecule has 0 rings (SSSR count). The first kappa shape index (κ1) is 37.7. The molecule has 0 unspecified atom stereocenters. The van der Waals surface area contributed by atoms with Gasteiger partial charge in [0.15, 0.2) is 0 Å². The van der Waals surface area contributed by atoms with Gasteiger partial charge in [-0.2, -0.15) is 4.21 Å². The minimum Gasteiger partial charge on any atom is -0.724 e. The van der Waals surface area contributed by atoms with Crippen LogP contribution in [0.25, 0.3) is 0 Å². The molecule has 8 N–H and O–H groups in total. The van der Waals surface area contributed by atoms with Crippen molar-refractivity contribution < 1.29 is 117 Å². The normalized spacial score (nSPS) is 9.65. The maximum absolute atomic E-state index is 9.49.